The second-order valence-corrected chi connectivity index (χ2v) is 6.67. The van der Waals surface area contributed by atoms with Crippen LogP contribution < -0.4 is 20.1 Å². The molecular formula is C18H29N3O3. The number of benzene rings is 1. The van der Waals surface area contributed by atoms with Gasteiger partial charge in [-0.2, -0.15) is 0 Å². The summed E-state index contributed by atoms with van der Waals surface area (Å²) in [7, 11) is 3.46. The van der Waals surface area contributed by atoms with Crippen LogP contribution in [0.15, 0.2) is 23.2 Å². The molecule has 2 N–H and O–H groups in total. The Morgan fingerprint density at radius 1 is 1.29 bits per heavy atom. The Morgan fingerprint density at radius 3 is 2.67 bits per heavy atom. The maximum absolute atomic E-state index is 5.69. The highest BCUT2D eigenvalue weighted by Gasteiger charge is 2.24. The number of hydrogen-bond acceptors (Lipinski definition) is 4. The zero-order valence-electron chi connectivity index (χ0n) is 15.3. The van der Waals surface area contributed by atoms with Gasteiger partial charge < -0.3 is 24.8 Å². The first-order valence-electron chi connectivity index (χ1n) is 8.32. The number of aliphatic imine (C=N–C) groups is 1. The average molecular weight is 335 g/mol. The predicted molar refractivity (Wildman–Crippen MR) is 96.3 cm³/mol. The van der Waals surface area contributed by atoms with Gasteiger partial charge in [-0.05, 0) is 24.6 Å². The summed E-state index contributed by atoms with van der Waals surface area (Å²) >= 11 is 0. The van der Waals surface area contributed by atoms with Crippen LogP contribution in [0, 0.1) is 0 Å². The normalized spacial score (nSPS) is 15.8. The van der Waals surface area contributed by atoms with E-state index in [1.165, 1.54) is 5.56 Å². The third kappa shape index (κ3) is 4.77. The highest BCUT2D eigenvalue weighted by molar-refractivity contribution is 5.80. The standard InChI is InChI=1S/C18H29N3O3/c1-13(11-22-5)21-17(19-4)20-12-18(2,3)14-6-7-15-16(10-14)24-9-8-23-15/h6-7,10,13H,8-9,11-12H2,1-5H3,(H2,19,20,21). The van der Waals surface area contributed by atoms with Crippen LogP contribution in [-0.2, 0) is 10.2 Å². The van der Waals surface area contributed by atoms with Crippen molar-refractivity contribution in [2.45, 2.75) is 32.2 Å². The van der Waals surface area contributed by atoms with E-state index in [2.05, 4.69) is 48.5 Å². The van der Waals surface area contributed by atoms with Crippen molar-refractivity contribution in [3.63, 3.8) is 0 Å². The fourth-order valence-electron chi connectivity index (χ4n) is 2.59. The van der Waals surface area contributed by atoms with E-state index < -0.39 is 0 Å². The lowest BCUT2D eigenvalue weighted by Gasteiger charge is -2.29. The molecule has 0 bridgehead atoms. The average Bonchev–Trinajstić information content (AvgIpc) is 2.58. The van der Waals surface area contributed by atoms with Crippen molar-refractivity contribution >= 4 is 5.96 Å². The van der Waals surface area contributed by atoms with Crippen molar-refractivity contribution in [1.29, 1.82) is 0 Å². The Bertz CT molecular complexity index is 573. The zero-order chi connectivity index (χ0) is 17.6. The van der Waals surface area contributed by atoms with Crippen LogP contribution in [0.3, 0.4) is 0 Å². The molecule has 0 aromatic heterocycles. The molecule has 0 amide bonds. The molecule has 1 unspecified atom stereocenters. The van der Waals surface area contributed by atoms with Gasteiger partial charge in [0, 0.05) is 32.2 Å². The van der Waals surface area contributed by atoms with Gasteiger partial charge >= 0.3 is 0 Å². The topological polar surface area (TPSA) is 64.1 Å². The summed E-state index contributed by atoms with van der Waals surface area (Å²) in [6.45, 7) is 9.02. The molecule has 2 rings (SSSR count). The van der Waals surface area contributed by atoms with Crippen LogP contribution in [0.5, 0.6) is 11.5 Å². The minimum absolute atomic E-state index is 0.0854. The smallest absolute Gasteiger partial charge is 0.191 e. The Hall–Kier alpha value is -1.95. The van der Waals surface area contributed by atoms with E-state index in [1.807, 2.05) is 6.07 Å². The van der Waals surface area contributed by atoms with E-state index in [-0.39, 0.29) is 11.5 Å². The van der Waals surface area contributed by atoms with Gasteiger partial charge in [-0.15, -0.1) is 0 Å². The fourth-order valence-corrected chi connectivity index (χ4v) is 2.59. The van der Waals surface area contributed by atoms with Gasteiger partial charge in [0.2, 0.25) is 0 Å². The third-order valence-electron chi connectivity index (χ3n) is 4.04. The van der Waals surface area contributed by atoms with Gasteiger partial charge in [-0.1, -0.05) is 19.9 Å². The molecular weight excluding hydrogens is 306 g/mol. The molecule has 0 saturated heterocycles. The molecule has 0 spiro atoms. The van der Waals surface area contributed by atoms with Crippen LogP contribution >= 0.6 is 0 Å². The number of hydrogen-bond donors (Lipinski definition) is 2. The summed E-state index contributed by atoms with van der Waals surface area (Å²) in [5.41, 5.74) is 1.11. The predicted octanol–water partition coefficient (Wildman–Crippen LogP) is 1.94. The van der Waals surface area contributed by atoms with Gasteiger partial charge in [0.25, 0.3) is 0 Å². The monoisotopic (exact) mass is 335 g/mol. The second kappa shape index (κ2) is 8.24. The van der Waals surface area contributed by atoms with Crippen LogP contribution in [0.2, 0.25) is 0 Å². The zero-order valence-corrected chi connectivity index (χ0v) is 15.3. The van der Waals surface area contributed by atoms with Crippen LogP contribution in [0.4, 0.5) is 0 Å². The van der Waals surface area contributed by atoms with Crippen molar-refractivity contribution < 1.29 is 14.2 Å². The molecule has 6 heteroatoms. The molecule has 24 heavy (non-hydrogen) atoms. The highest BCUT2D eigenvalue weighted by Crippen LogP contribution is 2.34. The van der Waals surface area contributed by atoms with Crippen molar-refractivity contribution in [1.82, 2.24) is 10.6 Å². The molecule has 0 radical (unpaired) electrons. The van der Waals surface area contributed by atoms with Gasteiger partial charge in [0.05, 0.1) is 6.61 Å². The van der Waals surface area contributed by atoms with Crippen LogP contribution in [-0.4, -0.2) is 52.5 Å². The van der Waals surface area contributed by atoms with Crippen LogP contribution in [0.1, 0.15) is 26.3 Å². The molecule has 0 fully saturated rings. The summed E-state index contributed by atoms with van der Waals surface area (Å²) in [4.78, 5) is 4.27. The largest absolute Gasteiger partial charge is 0.486 e. The van der Waals surface area contributed by atoms with Gasteiger partial charge in [0.1, 0.15) is 13.2 Å². The molecule has 1 aromatic rings. The lowest BCUT2D eigenvalue weighted by Crippen LogP contribution is -2.47. The number of guanidine groups is 1. The molecule has 0 saturated carbocycles. The van der Waals surface area contributed by atoms with Crippen molar-refractivity contribution in [2.24, 2.45) is 4.99 Å². The number of ether oxygens (including phenoxy) is 3. The minimum atomic E-state index is -0.0854. The molecule has 1 aromatic carbocycles. The van der Waals surface area contributed by atoms with E-state index in [0.29, 0.717) is 19.8 Å². The molecule has 1 aliphatic rings. The molecule has 0 aliphatic carbocycles. The van der Waals surface area contributed by atoms with E-state index in [0.717, 1.165) is 24.0 Å². The quantitative estimate of drug-likeness (QED) is 0.614. The highest BCUT2D eigenvalue weighted by atomic mass is 16.6. The van der Waals surface area contributed by atoms with E-state index >= 15 is 0 Å². The minimum Gasteiger partial charge on any atom is -0.486 e. The summed E-state index contributed by atoms with van der Waals surface area (Å²) in [5, 5.41) is 6.70. The number of nitrogens with zero attached hydrogens (tertiary/aromatic N) is 1. The molecule has 1 heterocycles. The first kappa shape index (κ1) is 18.4. The first-order valence-corrected chi connectivity index (χ1v) is 8.32. The van der Waals surface area contributed by atoms with Crippen molar-refractivity contribution in [3.8, 4) is 11.5 Å². The summed E-state index contributed by atoms with van der Waals surface area (Å²) in [6.07, 6.45) is 0. The maximum Gasteiger partial charge on any atom is 0.191 e. The summed E-state index contributed by atoms with van der Waals surface area (Å²) in [6, 6.07) is 6.34. The Labute approximate surface area is 144 Å². The maximum atomic E-state index is 5.69. The summed E-state index contributed by atoms with van der Waals surface area (Å²) in [5.74, 6) is 2.41. The fraction of sp³-hybridized carbons (Fsp3) is 0.611. The Kier molecular flexibility index (Phi) is 6.31. The Balaban J connectivity index is 1.99. The molecule has 134 valence electrons. The lowest BCUT2D eigenvalue weighted by atomic mass is 9.84. The van der Waals surface area contributed by atoms with Gasteiger partial charge in [0.15, 0.2) is 17.5 Å². The number of methoxy groups -OCH3 is 1. The SMILES string of the molecule is CN=C(NCC(C)(C)c1ccc2c(c1)OCCO2)NC(C)COC. The van der Waals surface area contributed by atoms with E-state index in [1.54, 1.807) is 14.2 Å². The van der Waals surface area contributed by atoms with E-state index in [4.69, 9.17) is 14.2 Å². The summed E-state index contributed by atoms with van der Waals surface area (Å²) < 4.78 is 16.4. The molecule has 1 aliphatic heterocycles. The number of nitrogens with one attached hydrogen (secondary N) is 2. The number of rotatable bonds is 6. The molecule has 6 nitrogen and oxygen atoms in total. The number of fused-ring (bicyclic) bond motifs is 1. The third-order valence-corrected chi connectivity index (χ3v) is 4.04. The lowest BCUT2D eigenvalue weighted by molar-refractivity contribution is 0.171. The van der Waals surface area contributed by atoms with Gasteiger partial charge in [-0.3, -0.25) is 4.99 Å². The van der Waals surface area contributed by atoms with Crippen LogP contribution in [0.25, 0.3) is 0 Å². The first-order chi connectivity index (χ1) is 11.5. The van der Waals surface area contributed by atoms with Gasteiger partial charge in [-0.25, -0.2) is 0 Å². The molecule has 1 atom stereocenters. The Morgan fingerprint density at radius 2 is 2.00 bits per heavy atom. The second-order valence-electron chi connectivity index (χ2n) is 6.67. The van der Waals surface area contributed by atoms with Crippen molar-refractivity contribution in [3.05, 3.63) is 23.8 Å². The van der Waals surface area contributed by atoms with Crippen molar-refractivity contribution in [2.75, 3.05) is 40.5 Å². The van der Waals surface area contributed by atoms with E-state index in [9.17, 15) is 0 Å².